The summed E-state index contributed by atoms with van der Waals surface area (Å²) in [5, 5.41) is 2.28. The lowest BCUT2D eigenvalue weighted by atomic mass is 10.1. The molecule has 0 fully saturated rings. The third-order valence-corrected chi connectivity index (χ3v) is 6.76. The molecule has 0 bridgehead atoms. The monoisotopic (exact) mass is 480 g/mol. The molecule has 0 aliphatic rings. The molecule has 0 saturated carbocycles. The molecule has 0 spiro atoms. The van der Waals surface area contributed by atoms with Crippen molar-refractivity contribution in [2.45, 2.75) is 24.5 Å². The normalized spacial score (nSPS) is 12.1. The molecule has 0 radical (unpaired) electrons. The molecule has 33 heavy (non-hydrogen) atoms. The number of halogens is 4. The molecule has 1 N–H and O–H groups in total. The minimum atomic E-state index is -4.54. The topological polar surface area (TPSA) is 66.5 Å². The number of sulfonamides is 1. The van der Waals surface area contributed by atoms with E-state index in [1.165, 1.54) is 4.31 Å². The van der Waals surface area contributed by atoms with Crippen molar-refractivity contribution >= 4 is 21.6 Å². The summed E-state index contributed by atoms with van der Waals surface area (Å²) in [7, 11) is -4.06. The van der Waals surface area contributed by atoms with Crippen LogP contribution in [-0.4, -0.2) is 25.2 Å². The van der Waals surface area contributed by atoms with Crippen molar-refractivity contribution in [3.05, 3.63) is 95.3 Å². The Morgan fingerprint density at radius 1 is 0.970 bits per heavy atom. The van der Waals surface area contributed by atoms with Gasteiger partial charge >= 0.3 is 6.18 Å². The second-order valence-electron chi connectivity index (χ2n) is 7.09. The van der Waals surface area contributed by atoms with Crippen LogP contribution in [0.5, 0.6) is 0 Å². The first-order valence-corrected chi connectivity index (χ1v) is 11.3. The lowest BCUT2D eigenvalue weighted by Crippen LogP contribution is -2.30. The fraction of sp³-hybridized carbons (Fsp3) is 0.174. The average molecular weight is 480 g/mol. The highest BCUT2D eigenvalue weighted by Gasteiger charge is 2.30. The number of nitrogens with zero attached hydrogens (tertiary/aromatic N) is 1. The molecular formula is C23H20F4N2O3S. The zero-order valence-electron chi connectivity index (χ0n) is 17.4. The minimum absolute atomic E-state index is 0.0000717. The van der Waals surface area contributed by atoms with Gasteiger partial charge in [0.05, 0.1) is 16.0 Å². The van der Waals surface area contributed by atoms with Gasteiger partial charge in [0.25, 0.3) is 5.91 Å². The van der Waals surface area contributed by atoms with Crippen molar-refractivity contribution in [3.8, 4) is 0 Å². The first-order valence-electron chi connectivity index (χ1n) is 9.84. The van der Waals surface area contributed by atoms with Crippen LogP contribution in [0.4, 0.5) is 23.2 Å². The smallest absolute Gasteiger partial charge is 0.322 e. The quantitative estimate of drug-likeness (QED) is 0.467. The van der Waals surface area contributed by atoms with Crippen LogP contribution in [0.3, 0.4) is 0 Å². The molecule has 174 valence electrons. The van der Waals surface area contributed by atoms with E-state index >= 15 is 0 Å². The molecule has 3 aromatic rings. The molecule has 0 unspecified atom stereocenters. The number of anilines is 1. The van der Waals surface area contributed by atoms with Gasteiger partial charge in [-0.25, -0.2) is 12.8 Å². The summed E-state index contributed by atoms with van der Waals surface area (Å²) in [6.45, 7) is 1.88. The van der Waals surface area contributed by atoms with Gasteiger partial charge in [-0.3, -0.25) is 4.79 Å². The molecule has 5 nitrogen and oxygen atoms in total. The van der Waals surface area contributed by atoms with E-state index in [-0.39, 0.29) is 23.7 Å². The van der Waals surface area contributed by atoms with Crippen molar-refractivity contribution in [3.63, 3.8) is 0 Å². The van der Waals surface area contributed by atoms with E-state index < -0.39 is 39.1 Å². The SMILES string of the molecule is CCN(Cc1ccccc1)S(=O)(=O)c1ccc(F)c(C(=O)Nc2ccc(C(F)(F)F)cc2)c1. The minimum Gasteiger partial charge on any atom is -0.322 e. The first kappa shape index (κ1) is 24.4. The van der Waals surface area contributed by atoms with Crippen molar-refractivity contribution in [1.82, 2.24) is 4.31 Å². The van der Waals surface area contributed by atoms with Gasteiger partial charge in [-0.1, -0.05) is 37.3 Å². The first-order chi connectivity index (χ1) is 15.5. The number of hydrogen-bond acceptors (Lipinski definition) is 3. The molecule has 3 rings (SSSR count). The number of amides is 1. The molecular weight excluding hydrogens is 460 g/mol. The van der Waals surface area contributed by atoms with Crippen molar-refractivity contribution in [2.75, 3.05) is 11.9 Å². The second kappa shape index (κ2) is 9.72. The Kier molecular flexibility index (Phi) is 7.19. The van der Waals surface area contributed by atoms with Crippen LogP contribution in [0.15, 0.2) is 77.7 Å². The van der Waals surface area contributed by atoms with Gasteiger partial charge in [0.15, 0.2) is 0 Å². The van der Waals surface area contributed by atoms with Crippen LogP contribution in [0, 0.1) is 5.82 Å². The molecule has 10 heteroatoms. The fourth-order valence-corrected chi connectivity index (χ4v) is 4.55. The van der Waals surface area contributed by atoms with Gasteiger partial charge in [0.2, 0.25) is 10.0 Å². The third-order valence-electron chi connectivity index (χ3n) is 4.84. The highest BCUT2D eigenvalue weighted by atomic mass is 32.2. The maximum Gasteiger partial charge on any atom is 0.416 e. The number of hydrogen-bond donors (Lipinski definition) is 1. The molecule has 0 atom stereocenters. The van der Waals surface area contributed by atoms with Gasteiger partial charge < -0.3 is 5.32 Å². The molecule has 1 amide bonds. The molecule has 3 aromatic carbocycles. The van der Waals surface area contributed by atoms with E-state index in [0.29, 0.717) is 0 Å². The Morgan fingerprint density at radius 2 is 1.61 bits per heavy atom. The van der Waals surface area contributed by atoms with Gasteiger partial charge in [0, 0.05) is 18.8 Å². The van der Waals surface area contributed by atoms with E-state index in [1.807, 2.05) is 0 Å². The van der Waals surface area contributed by atoms with Crippen LogP contribution in [0.1, 0.15) is 28.4 Å². The standard InChI is InChI=1S/C23H20F4N2O3S/c1-2-29(15-16-6-4-3-5-7-16)33(31,32)19-12-13-21(24)20(14-19)22(30)28-18-10-8-17(9-11-18)23(25,26)27/h3-14H,2,15H2,1H3,(H,28,30). The maximum atomic E-state index is 14.3. The Balaban J connectivity index is 1.85. The Labute approximate surface area is 188 Å². The van der Waals surface area contributed by atoms with E-state index in [4.69, 9.17) is 0 Å². The molecule has 0 aliphatic carbocycles. The number of benzene rings is 3. The van der Waals surface area contributed by atoms with Gasteiger partial charge in [-0.05, 0) is 48.0 Å². The van der Waals surface area contributed by atoms with Crippen molar-refractivity contribution in [1.29, 1.82) is 0 Å². The Morgan fingerprint density at radius 3 is 2.18 bits per heavy atom. The molecule has 0 heterocycles. The summed E-state index contributed by atoms with van der Waals surface area (Å²) in [6, 6.07) is 15.3. The van der Waals surface area contributed by atoms with Crippen molar-refractivity contribution < 1.29 is 30.8 Å². The predicted molar refractivity (Wildman–Crippen MR) is 116 cm³/mol. The highest BCUT2D eigenvalue weighted by molar-refractivity contribution is 7.89. The van der Waals surface area contributed by atoms with Crippen LogP contribution >= 0.6 is 0 Å². The van der Waals surface area contributed by atoms with Crippen LogP contribution < -0.4 is 5.32 Å². The Hall–Kier alpha value is -3.24. The molecule has 0 saturated heterocycles. The second-order valence-corrected chi connectivity index (χ2v) is 9.03. The summed E-state index contributed by atoms with van der Waals surface area (Å²) < 4.78 is 79.8. The number of rotatable bonds is 7. The van der Waals surface area contributed by atoms with Crippen LogP contribution in [0.2, 0.25) is 0 Å². The predicted octanol–water partition coefficient (Wildman–Crippen LogP) is 5.31. The average Bonchev–Trinajstić information content (AvgIpc) is 2.78. The Bertz CT molecular complexity index is 1230. The number of carbonyl (C=O) groups excluding carboxylic acids is 1. The van der Waals surface area contributed by atoms with Gasteiger partial charge in [-0.2, -0.15) is 17.5 Å². The van der Waals surface area contributed by atoms with E-state index in [1.54, 1.807) is 37.3 Å². The largest absolute Gasteiger partial charge is 0.416 e. The highest BCUT2D eigenvalue weighted by Crippen LogP contribution is 2.30. The fourth-order valence-electron chi connectivity index (χ4n) is 3.08. The van der Waals surface area contributed by atoms with Crippen molar-refractivity contribution in [2.24, 2.45) is 0 Å². The molecule has 0 aliphatic heterocycles. The number of nitrogens with one attached hydrogen (secondary N) is 1. The summed E-state index contributed by atoms with van der Waals surface area (Å²) in [4.78, 5) is 12.3. The van der Waals surface area contributed by atoms with Gasteiger partial charge in [0.1, 0.15) is 5.82 Å². The summed E-state index contributed by atoms with van der Waals surface area (Å²) in [5.74, 6) is -1.96. The lowest BCUT2D eigenvalue weighted by molar-refractivity contribution is -0.137. The summed E-state index contributed by atoms with van der Waals surface area (Å²) in [6.07, 6.45) is -4.54. The van der Waals surface area contributed by atoms with Crippen LogP contribution in [0.25, 0.3) is 0 Å². The molecule has 0 aromatic heterocycles. The zero-order chi connectivity index (χ0) is 24.2. The summed E-state index contributed by atoms with van der Waals surface area (Å²) >= 11 is 0. The van der Waals surface area contributed by atoms with Crippen LogP contribution in [-0.2, 0) is 22.7 Å². The zero-order valence-corrected chi connectivity index (χ0v) is 18.3. The number of alkyl halides is 3. The lowest BCUT2D eigenvalue weighted by Gasteiger charge is -2.21. The summed E-state index contributed by atoms with van der Waals surface area (Å²) in [5.41, 5.74) is -0.699. The maximum absolute atomic E-state index is 14.3. The van der Waals surface area contributed by atoms with E-state index in [9.17, 15) is 30.8 Å². The van der Waals surface area contributed by atoms with E-state index in [0.717, 1.165) is 48.0 Å². The van der Waals surface area contributed by atoms with Gasteiger partial charge in [-0.15, -0.1) is 0 Å². The van der Waals surface area contributed by atoms with E-state index in [2.05, 4.69) is 5.32 Å². The third kappa shape index (κ3) is 5.77. The number of carbonyl (C=O) groups is 1.